The van der Waals surface area contributed by atoms with E-state index in [0.717, 1.165) is 5.56 Å². The van der Waals surface area contributed by atoms with E-state index >= 15 is 0 Å². The lowest BCUT2D eigenvalue weighted by Gasteiger charge is -2.32. The fourth-order valence-corrected chi connectivity index (χ4v) is 4.93. The van der Waals surface area contributed by atoms with Gasteiger partial charge in [0.05, 0.1) is 24.0 Å². The van der Waals surface area contributed by atoms with Gasteiger partial charge >= 0.3 is 0 Å². The van der Waals surface area contributed by atoms with E-state index in [9.17, 15) is 22.4 Å². The Kier molecular flexibility index (Phi) is 5.53. The molecule has 1 aliphatic heterocycles. The third kappa shape index (κ3) is 4.36. The third-order valence-electron chi connectivity index (χ3n) is 7.06. The molecule has 1 saturated heterocycles. The number of carbonyl (C=O) groups excluding carboxylic acids is 1. The summed E-state index contributed by atoms with van der Waals surface area (Å²) in [5, 5.41) is 7.79. The molecule has 1 amide bonds. The summed E-state index contributed by atoms with van der Waals surface area (Å²) in [5.41, 5.74) is 2.98. The number of fused-ring (bicyclic) bond motifs is 2. The number of imidazole rings is 1. The van der Waals surface area contributed by atoms with Gasteiger partial charge in [0.2, 0.25) is 11.9 Å². The van der Waals surface area contributed by atoms with Crippen molar-refractivity contribution >= 4 is 28.5 Å². The summed E-state index contributed by atoms with van der Waals surface area (Å²) in [6.07, 6.45) is 1.77. The highest BCUT2D eigenvalue weighted by Gasteiger charge is 2.62. The number of nitrogens with one attached hydrogen (secondary N) is 1. The number of hydrogen-bond donors (Lipinski definition) is 1. The first-order valence-corrected chi connectivity index (χ1v) is 12.1. The van der Waals surface area contributed by atoms with Crippen molar-refractivity contribution in [3.05, 3.63) is 36.4 Å². The van der Waals surface area contributed by atoms with E-state index in [-0.39, 0.29) is 12.5 Å². The highest BCUT2D eigenvalue weighted by Crippen LogP contribution is 2.49. The number of halogens is 4. The first-order valence-electron chi connectivity index (χ1n) is 12.1. The number of nitrogens with zero attached hydrogens (tertiary/aromatic N) is 7. The number of likely N-dealkylation sites (tertiary alicyclic amines) is 1. The number of pyridine rings is 1. The van der Waals surface area contributed by atoms with Crippen molar-refractivity contribution in [1.29, 1.82) is 0 Å². The lowest BCUT2D eigenvalue weighted by Crippen LogP contribution is -2.43. The number of aryl methyl sites for hydroxylation is 1. The summed E-state index contributed by atoms with van der Waals surface area (Å²) in [6.45, 7) is 2.02. The summed E-state index contributed by atoms with van der Waals surface area (Å²) in [4.78, 5) is 27.1. The van der Waals surface area contributed by atoms with Crippen LogP contribution in [0.5, 0.6) is 0 Å². The Balaban J connectivity index is 1.17. The number of piperidine rings is 1. The minimum Gasteiger partial charge on any atom is -0.350 e. The minimum atomic E-state index is -2.85. The van der Waals surface area contributed by atoms with Crippen molar-refractivity contribution in [3.8, 4) is 11.3 Å². The lowest BCUT2D eigenvalue weighted by molar-refractivity contribution is -0.135. The van der Waals surface area contributed by atoms with Crippen LogP contribution in [0.2, 0.25) is 0 Å². The van der Waals surface area contributed by atoms with E-state index in [1.165, 1.54) is 9.47 Å². The van der Waals surface area contributed by atoms with E-state index in [2.05, 4.69) is 25.4 Å². The first kappa shape index (κ1) is 23.6. The Morgan fingerprint density at radius 2 is 1.95 bits per heavy atom. The molecule has 5 heterocycles. The molecule has 2 fully saturated rings. The third-order valence-corrected chi connectivity index (χ3v) is 7.06. The average molecular weight is 517 g/mol. The van der Waals surface area contributed by atoms with Gasteiger partial charge in [-0.25, -0.2) is 37.0 Å². The van der Waals surface area contributed by atoms with E-state index in [4.69, 9.17) is 0 Å². The Morgan fingerprint density at radius 1 is 1.19 bits per heavy atom. The van der Waals surface area contributed by atoms with Gasteiger partial charge in [-0.3, -0.25) is 4.79 Å². The molecule has 4 aromatic heterocycles. The van der Waals surface area contributed by atoms with Crippen LogP contribution in [0.1, 0.15) is 25.1 Å². The van der Waals surface area contributed by atoms with Gasteiger partial charge in [-0.1, -0.05) is 0 Å². The van der Waals surface area contributed by atoms with Crippen LogP contribution in [0.3, 0.4) is 0 Å². The predicted octanol–water partition coefficient (Wildman–Crippen LogP) is 3.77. The van der Waals surface area contributed by atoms with Crippen LogP contribution in [0.15, 0.2) is 30.6 Å². The normalized spacial score (nSPS) is 19.7. The summed E-state index contributed by atoms with van der Waals surface area (Å²) in [7, 11) is 0. The van der Waals surface area contributed by atoms with Gasteiger partial charge < -0.3 is 14.8 Å². The van der Waals surface area contributed by atoms with Crippen molar-refractivity contribution in [2.24, 2.45) is 5.92 Å². The lowest BCUT2D eigenvalue weighted by atomic mass is 10.0. The molecule has 0 spiro atoms. The number of hydrogen-bond acceptors (Lipinski definition) is 6. The second-order valence-corrected chi connectivity index (χ2v) is 9.60. The average Bonchev–Trinajstić information content (AvgIpc) is 3.17. The van der Waals surface area contributed by atoms with Crippen LogP contribution in [0, 0.1) is 12.8 Å². The van der Waals surface area contributed by atoms with Crippen molar-refractivity contribution in [2.75, 3.05) is 18.4 Å². The van der Waals surface area contributed by atoms with Gasteiger partial charge in [0.1, 0.15) is 17.3 Å². The molecule has 0 aromatic carbocycles. The predicted molar refractivity (Wildman–Crippen MR) is 127 cm³/mol. The Hall–Kier alpha value is -3.77. The minimum absolute atomic E-state index is 0.0127. The summed E-state index contributed by atoms with van der Waals surface area (Å²) >= 11 is 0. The zero-order valence-corrected chi connectivity index (χ0v) is 19.9. The van der Waals surface area contributed by atoms with Gasteiger partial charge in [0.15, 0.2) is 5.65 Å². The molecule has 1 aliphatic carbocycles. The van der Waals surface area contributed by atoms with Crippen LogP contribution in [-0.2, 0) is 11.3 Å². The molecule has 194 valence electrons. The fraction of sp³-hybridized carbons (Fsp3) is 0.458. The number of carbonyl (C=O) groups is 1. The second kappa shape index (κ2) is 8.67. The van der Waals surface area contributed by atoms with Gasteiger partial charge in [-0.15, -0.1) is 5.10 Å². The van der Waals surface area contributed by atoms with Crippen molar-refractivity contribution in [3.63, 3.8) is 0 Å². The van der Waals surface area contributed by atoms with Crippen LogP contribution < -0.4 is 5.32 Å². The molecule has 0 radical (unpaired) electrons. The largest absolute Gasteiger partial charge is 0.350 e. The highest BCUT2D eigenvalue weighted by atomic mass is 19.3. The molecular weight excluding hydrogens is 492 g/mol. The molecular formula is C24H24F4N8O. The molecule has 1 N–H and O–H groups in total. The molecule has 0 unspecified atom stereocenters. The van der Waals surface area contributed by atoms with Crippen molar-refractivity contribution in [1.82, 2.24) is 34.0 Å². The quantitative estimate of drug-likeness (QED) is 0.392. The molecule has 0 bridgehead atoms. The van der Waals surface area contributed by atoms with Crippen LogP contribution >= 0.6 is 0 Å². The highest BCUT2D eigenvalue weighted by molar-refractivity contribution is 5.83. The molecule has 4 aromatic rings. The number of rotatable bonds is 6. The summed E-state index contributed by atoms with van der Waals surface area (Å²) in [6, 6.07) is 5.39. The topological polar surface area (TPSA) is 93.2 Å². The Bertz CT molecular complexity index is 1490. The molecule has 1 saturated carbocycles. The number of anilines is 1. The maximum Gasteiger partial charge on any atom is 0.260 e. The van der Waals surface area contributed by atoms with Gasteiger partial charge in [-0.05, 0) is 38.0 Å². The molecule has 2 aliphatic rings. The zero-order valence-electron chi connectivity index (χ0n) is 19.9. The summed E-state index contributed by atoms with van der Waals surface area (Å²) < 4.78 is 55.6. The van der Waals surface area contributed by atoms with E-state index in [1.807, 2.05) is 6.07 Å². The van der Waals surface area contributed by atoms with Crippen LogP contribution in [-0.4, -0.2) is 71.4 Å². The molecule has 37 heavy (non-hydrogen) atoms. The second-order valence-electron chi connectivity index (χ2n) is 9.60. The van der Waals surface area contributed by atoms with Crippen LogP contribution in [0.25, 0.3) is 27.9 Å². The monoisotopic (exact) mass is 516 g/mol. The van der Waals surface area contributed by atoms with Gasteiger partial charge in [0, 0.05) is 37.3 Å². The number of alkyl halides is 4. The Labute approximate surface area is 208 Å². The molecule has 9 nitrogen and oxygen atoms in total. The van der Waals surface area contributed by atoms with E-state index in [1.54, 1.807) is 36.0 Å². The maximum absolute atomic E-state index is 13.2. The number of amides is 1. The van der Waals surface area contributed by atoms with Crippen molar-refractivity contribution in [2.45, 2.75) is 51.1 Å². The number of aromatic nitrogens is 6. The van der Waals surface area contributed by atoms with E-state index < -0.39 is 30.7 Å². The maximum atomic E-state index is 13.2. The first-order chi connectivity index (χ1) is 17.7. The van der Waals surface area contributed by atoms with Gasteiger partial charge in [-0.2, -0.15) is 0 Å². The SMILES string of the molecule is Cc1nc2ccc(-c3ccn4nc(NC5CCN(C(=O)[C@@H]6CC6(F)F)CC5)ncc34)nc2n1CC(F)F. The summed E-state index contributed by atoms with van der Waals surface area (Å²) in [5.74, 6) is -3.59. The zero-order chi connectivity index (χ0) is 25.9. The molecule has 1 atom stereocenters. The fourth-order valence-electron chi connectivity index (χ4n) is 4.93. The van der Waals surface area contributed by atoms with Crippen molar-refractivity contribution < 1.29 is 22.4 Å². The van der Waals surface area contributed by atoms with E-state index in [0.29, 0.717) is 60.1 Å². The standard InChI is InChI=1S/C24H24F4N8O/c1-13-30-18-3-2-17(32-21(18)35(13)12-20(25)26)15-6-9-36-19(15)11-29-23(33-36)31-14-4-7-34(8-5-14)22(37)16-10-24(16,27)28/h2-3,6,9,11,14,16,20H,4-5,7-8,10,12H2,1H3,(H,31,33)/t16-/m0/s1. The van der Waals surface area contributed by atoms with Gasteiger partial charge in [0.25, 0.3) is 12.3 Å². The Morgan fingerprint density at radius 3 is 2.65 bits per heavy atom. The molecule has 13 heteroatoms. The molecule has 6 rings (SSSR count). The smallest absolute Gasteiger partial charge is 0.260 e. The van der Waals surface area contributed by atoms with Crippen LogP contribution in [0.4, 0.5) is 23.5 Å².